The largest absolute Gasteiger partial charge is 0.264 e. The van der Waals surface area contributed by atoms with Gasteiger partial charge in [0.25, 0.3) is 0 Å². The van der Waals surface area contributed by atoms with Crippen molar-refractivity contribution < 1.29 is 0 Å². The highest BCUT2D eigenvalue weighted by atomic mass is 32.1. The summed E-state index contributed by atoms with van der Waals surface area (Å²) in [5.41, 5.74) is 4.55. The predicted molar refractivity (Wildman–Crippen MR) is 90.6 cm³/mol. The second-order valence-corrected chi connectivity index (χ2v) is 6.65. The first-order valence-electron chi connectivity index (χ1n) is 7.37. The van der Waals surface area contributed by atoms with Gasteiger partial charge in [-0.3, -0.25) is 4.68 Å². The number of benzene rings is 1. The summed E-state index contributed by atoms with van der Waals surface area (Å²) >= 11 is 1.70. The summed E-state index contributed by atoms with van der Waals surface area (Å²) in [6, 6.07) is 10.4. The molecular weight excluding hydrogens is 290 g/mol. The van der Waals surface area contributed by atoms with E-state index in [-0.39, 0.29) is 0 Å². The molecule has 3 aromatic rings. The molecule has 1 unspecified atom stereocenters. The molecule has 0 saturated carbocycles. The highest BCUT2D eigenvalue weighted by molar-refractivity contribution is 7.21. The van der Waals surface area contributed by atoms with E-state index in [4.69, 9.17) is 10.1 Å². The van der Waals surface area contributed by atoms with Crippen molar-refractivity contribution >= 4 is 27.6 Å². The maximum absolute atomic E-state index is 4.77. The van der Waals surface area contributed by atoms with Crippen LogP contribution in [0.3, 0.4) is 0 Å². The van der Waals surface area contributed by atoms with Gasteiger partial charge >= 0.3 is 0 Å². The van der Waals surface area contributed by atoms with Crippen LogP contribution in [0.25, 0.3) is 27.0 Å². The number of allylic oxidation sites excluding steroid dienone is 5. The van der Waals surface area contributed by atoms with E-state index < -0.39 is 0 Å². The molecule has 2 aromatic heterocycles. The Morgan fingerprint density at radius 1 is 1.18 bits per heavy atom. The minimum absolute atomic E-state index is 0.445. The van der Waals surface area contributed by atoms with Gasteiger partial charge in [0.15, 0.2) is 0 Å². The number of fused-ring (bicyclic) bond motifs is 3. The van der Waals surface area contributed by atoms with Gasteiger partial charge < -0.3 is 0 Å². The summed E-state index contributed by atoms with van der Waals surface area (Å²) in [6.07, 6.45) is 10.9. The molecule has 3 heterocycles. The zero-order valence-corrected chi connectivity index (χ0v) is 12.6. The van der Waals surface area contributed by atoms with Gasteiger partial charge in [0.05, 0.1) is 22.5 Å². The molecule has 22 heavy (non-hydrogen) atoms. The van der Waals surface area contributed by atoms with Crippen molar-refractivity contribution in [2.24, 2.45) is 5.92 Å². The van der Waals surface area contributed by atoms with Gasteiger partial charge in [0.1, 0.15) is 10.7 Å². The van der Waals surface area contributed by atoms with Crippen LogP contribution in [0.1, 0.15) is 5.69 Å². The molecule has 1 aliphatic heterocycles. The average Bonchev–Trinajstić information content (AvgIpc) is 3.15. The molecule has 0 radical (unpaired) electrons. The standard InChI is InChI=1S/C18H13N3S/c1-2-6-13-11-21-14(9-12(13)5-1)10-16(20-21)18-19-15-7-3-4-8-17(15)22-18/h1-10,13H,11H2. The average molecular weight is 303 g/mol. The van der Waals surface area contributed by atoms with Gasteiger partial charge in [-0.25, -0.2) is 4.98 Å². The second-order valence-electron chi connectivity index (χ2n) is 5.62. The molecule has 1 aliphatic carbocycles. The summed E-state index contributed by atoms with van der Waals surface area (Å²) in [6.45, 7) is 0.910. The fraction of sp³-hybridized carbons (Fsp3) is 0.111. The molecule has 4 heteroatoms. The van der Waals surface area contributed by atoms with Crippen molar-refractivity contribution in [3.05, 3.63) is 65.9 Å². The molecule has 5 rings (SSSR count). The Bertz CT molecular complexity index is 938. The van der Waals surface area contributed by atoms with E-state index in [2.05, 4.69) is 59.3 Å². The third kappa shape index (κ3) is 1.81. The van der Waals surface area contributed by atoms with Crippen LogP contribution in [-0.2, 0) is 6.54 Å². The summed E-state index contributed by atoms with van der Waals surface area (Å²) in [4.78, 5) is 4.71. The topological polar surface area (TPSA) is 30.7 Å². The Labute approximate surface area is 131 Å². The van der Waals surface area contributed by atoms with Crippen LogP contribution >= 0.6 is 11.3 Å². The van der Waals surface area contributed by atoms with Crippen LogP contribution in [0.15, 0.2) is 60.2 Å². The van der Waals surface area contributed by atoms with Crippen LogP contribution in [0.2, 0.25) is 0 Å². The van der Waals surface area contributed by atoms with E-state index in [1.54, 1.807) is 11.3 Å². The molecule has 106 valence electrons. The normalized spacial score (nSPS) is 19.1. The summed E-state index contributed by atoms with van der Waals surface area (Å²) in [5, 5.41) is 5.77. The van der Waals surface area contributed by atoms with Gasteiger partial charge in [0, 0.05) is 5.92 Å². The zero-order chi connectivity index (χ0) is 14.5. The first-order valence-corrected chi connectivity index (χ1v) is 8.19. The molecule has 0 fully saturated rings. The Kier molecular flexibility index (Phi) is 2.49. The van der Waals surface area contributed by atoms with Crippen LogP contribution in [0.4, 0.5) is 0 Å². The molecule has 0 N–H and O–H groups in total. The van der Waals surface area contributed by atoms with Crippen LogP contribution in [-0.4, -0.2) is 14.8 Å². The van der Waals surface area contributed by atoms with E-state index >= 15 is 0 Å². The second kappa shape index (κ2) is 4.52. The Morgan fingerprint density at radius 2 is 2.14 bits per heavy atom. The predicted octanol–water partition coefficient (Wildman–Crippen LogP) is 4.30. The molecule has 1 atom stereocenters. The van der Waals surface area contributed by atoms with Crippen molar-refractivity contribution in [2.75, 3.05) is 0 Å². The molecule has 3 nitrogen and oxygen atoms in total. The summed E-state index contributed by atoms with van der Waals surface area (Å²) < 4.78 is 3.31. The lowest BCUT2D eigenvalue weighted by Gasteiger charge is -2.22. The Balaban J connectivity index is 1.61. The molecule has 0 spiro atoms. The summed E-state index contributed by atoms with van der Waals surface area (Å²) in [7, 11) is 0. The maximum Gasteiger partial charge on any atom is 0.145 e. The lowest BCUT2D eigenvalue weighted by atomic mass is 9.91. The monoisotopic (exact) mass is 303 g/mol. The van der Waals surface area contributed by atoms with Crippen molar-refractivity contribution in [1.82, 2.24) is 14.8 Å². The third-order valence-electron chi connectivity index (χ3n) is 4.18. The fourth-order valence-corrected chi connectivity index (χ4v) is 3.98. The lowest BCUT2D eigenvalue weighted by Crippen LogP contribution is -2.18. The fourth-order valence-electron chi connectivity index (χ4n) is 3.06. The van der Waals surface area contributed by atoms with Crippen molar-refractivity contribution in [3.63, 3.8) is 0 Å². The summed E-state index contributed by atoms with van der Waals surface area (Å²) in [5.74, 6) is 0.445. The third-order valence-corrected chi connectivity index (χ3v) is 5.24. The van der Waals surface area contributed by atoms with Crippen molar-refractivity contribution in [2.45, 2.75) is 6.54 Å². The molecule has 2 aliphatic rings. The first kappa shape index (κ1) is 12.1. The van der Waals surface area contributed by atoms with Gasteiger partial charge in [-0.15, -0.1) is 11.3 Å². The first-order chi connectivity index (χ1) is 10.9. The molecule has 0 amide bonds. The van der Waals surface area contributed by atoms with Crippen LogP contribution in [0, 0.1) is 5.92 Å². The Morgan fingerprint density at radius 3 is 3.09 bits per heavy atom. The van der Waals surface area contributed by atoms with Crippen molar-refractivity contribution in [1.29, 1.82) is 0 Å². The molecule has 0 bridgehead atoms. The van der Waals surface area contributed by atoms with E-state index in [1.807, 2.05) is 6.07 Å². The smallest absolute Gasteiger partial charge is 0.145 e. The van der Waals surface area contributed by atoms with Gasteiger partial charge in [0.2, 0.25) is 0 Å². The number of aromatic nitrogens is 3. The SMILES string of the molecule is C1=CC2=Cc3cc(-c4nc5ccccc5s4)nn3CC2C=C1. The minimum Gasteiger partial charge on any atom is -0.264 e. The van der Waals surface area contributed by atoms with E-state index in [0.717, 1.165) is 22.8 Å². The number of nitrogens with zero attached hydrogens (tertiary/aromatic N) is 3. The van der Waals surface area contributed by atoms with Gasteiger partial charge in [-0.05, 0) is 29.8 Å². The van der Waals surface area contributed by atoms with Crippen LogP contribution < -0.4 is 0 Å². The lowest BCUT2D eigenvalue weighted by molar-refractivity contribution is 0.528. The number of hydrogen-bond donors (Lipinski definition) is 0. The van der Waals surface area contributed by atoms with E-state index in [1.165, 1.54) is 16.0 Å². The van der Waals surface area contributed by atoms with Crippen LogP contribution in [0.5, 0.6) is 0 Å². The number of para-hydroxylation sites is 1. The minimum atomic E-state index is 0.445. The van der Waals surface area contributed by atoms with Gasteiger partial charge in [-0.1, -0.05) is 36.4 Å². The highest BCUT2D eigenvalue weighted by Gasteiger charge is 2.21. The number of rotatable bonds is 1. The molecular formula is C18H13N3S. The van der Waals surface area contributed by atoms with E-state index in [0.29, 0.717) is 5.92 Å². The quantitative estimate of drug-likeness (QED) is 0.671. The number of thiazole rings is 1. The molecule has 0 saturated heterocycles. The molecule has 1 aromatic carbocycles. The van der Waals surface area contributed by atoms with E-state index in [9.17, 15) is 0 Å². The Hall–Kier alpha value is -2.46. The van der Waals surface area contributed by atoms with Gasteiger partial charge in [-0.2, -0.15) is 5.10 Å². The zero-order valence-electron chi connectivity index (χ0n) is 11.8. The van der Waals surface area contributed by atoms with Crippen molar-refractivity contribution in [3.8, 4) is 10.7 Å². The maximum atomic E-state index is 4.77. The number of hydrogen-bond acceptors (Lipinski definition) is 3. The highest BCUT2D eigenvalue weighted by Crippen LogP contribution is 2.33.